The van der Waals surface area contributed by atoms with Crippen molar-refractivity contribution >= 4 is 6.21 Å². The van der Waals surface area contributed by atoms with Crippen LogP contribution in [0.15, 0.2) is 66.3 Å². The van der Waals surface area contributed by atoms with E-state index >= 15 is 0 Å². The Bertz CT molecular complexity index is 696. The Morgan fingerprint density at radius 2 is 1.88 bits per heavy atom. The number of rotatable bonds is 6. The van der Waals surface area contributed by atoms with Crippen molar-refractivity contribution in [3.63, 3.8) is 0 Å². The minimum absolute atomic E-state index is 0.0166. The van der Waals surface area contributed by atoms with Crippen LogP contribution in [0.1, 0.15) is 17.7 Å². The summed E-state index contributed by atoms with van der Waals surface area (Å²) in [6.07, 6.45) is -1.13. The topological polar surface area (TPSA) is 34.5 Å². The average molecular weight is 334 g/mol. The molecule has 0 spiro atoms. The Morgan fingerprint density at radius 3 is 2.38 bits per heavy atom. The predicted octanol–water partition coefficient (Wildman–Crippen LogP) is 4.54. The molecule has 0 aliphatic carbocycles. The molecule has 1 unspecified atom stereocenters. The maximum absolute atomic E-state index is 13.9. The molecule has 0 N–H and O–H groups in total. The van der Waals surface area contributed by atoms with Gasteiger partial charge >= 0.3 is 6.18 Å². The highest BCUT2D eigenvalue weighted by molar-refractivity contribution is 5.77. The summed E-state index contributed by atoms with van der Waals surface area (Å²) >= 11 is 0. The van der Waals surface area contributed by atoms with Crippen molar-refractivity contribution in [2.24, 2.45) is 4.99 Å². The fraction of sp³-hybridized carbons (Fsp3) is 0.222. The van der Waals surface area contributed by atoms with E-state index in [1.807, 2.05) is 0 Å². The highest BCUT2D eigenvalue weighted by Crippen LogP contribution is 2.45. The lowest BCUT2D eigenvalue weighted by atomic mass is 9.86. The first-order valence-electron chi connectivity index (χ1n) is 7.21. The molecule has 2 aromatic rings. The lowest BCUT2D eigenvalue weighted by Crippen LogP contribution is -2.40. The highest BCUT2D eigenvalue weighted by Gasteiger charge is 2.55. The van der Waals surface area contributed by atoms with Crippen LogP contribution in [0.2, 0.25) is 0 Å². The van der Waals surface area contributed by atoms with E-state index in [4.69, 9.17) is 4.74 Å². The molecule has 0 saturated carbocycles. The van der Waals surface area contributed by atoms with Gasteiger partial charge in [-0.3, -0.25) is 9.98 Å². The van der Waals surface area contributed by atoms with Crippen molar-refractivity contribution in [2.45, 2.75) is 18.1 Å². The van der Waals surface area contributed by atoms with Crippen LogP contribution in [-0.2, 0) is 5.54 Å². The third-order valence-corrected chi connectivity index (χ3v) is 3.58. The summed E-state index contributed by atoms with van der Waals surface area (Å²) in [4.78, 5) is 7.87. The molecule has 0 amide bonds. The van der Waals surface area contributed by atoms with Gasteiger partial charge in [0.1, 0.15) is 5.75 Å². The molecular formula is C18H17F3N2O. The third kappa shape index (κ3) is 3.64. The minimum atomic E-state index is -4.60. The number of benzene rings is 1. The lowest BCUT2D eigenvalue weighted by molar-refractivity contribution is -0.187. The summed E-state index contributed by atoms with van der Waals surface area (Å²) in [5, 5.41) is 0. The van der Waals surface area contributed by atoms with E-state index in [9.17, 15) is 13.2 Å². The molecule has 24 heavy (non-hydrogen) atoms. The van der Waals surface area contributed by atoms with Gasteiger partial charge in [0.05, 0.1) is 12.8 Å². The van der Waals surface area contributed by atoms with Crippen molar-refractivity contribution < 1.29 is 17.9 Å². The predicted molar refractivity (Wildman–Crippen MR) is 87.4 cm³/mol. The molecule has 1 aromatic carbocycles. The molecule has 0 bridgehead atoms. The molecule has 0 fully saturated rings. The summed E-state index contributed by atoms with van der Waals surface area (Å²) in [6, 6.07) is 10.7. The second kappa shape index (κ2) is 7.29. The molecular weight excluding hydrogens is 317 g/mol. The van der Waals surface area contributed by atoms with Crippen molar-refractivity contribution in [2.75, 3.05) is 7.11 Å². The SMILES string of the molecule is C=CCC(N=Cc1ccccn1)(c1ccc(OC)cc1)C(F)(F)F. The molecule has 0 radical (unpaired) electrons. The van der Waals surface area contributed by atoms with Crippen LogP contribution < -0.4 is 4.74 Å². The molecule has 1 atom stereocenters. The van der Waals surface area contributed by atoms with Crippen LogP contribution >= 0.6 is 0 Å². The number of nitrogens with zero attached hydrogens (tertiary/aromatic N) is 2. The zero-order valence-corrected chi connectivity index (χ0v) is 13.1. The van der Waals surface area contributed by atoms with Crippen LogP contribution in [-0.4, -0.2) is 24.5 Å². The van der Waals surface area contributed by atoms with Gasteiger partial charge in [-0.25, -0.2) is 0 Å². The molecule has 126 valence electrons. The van der Waals surface area contributed by atoms with Gasteiger partial charge in [-0.05, 0) is 29.8 Å². The maximum Gasteiger partial charge on any atom is 0.418 e. The van der Waals surface area contributed by atoms with E-state index in [-0.39, 0.29) is 12.0 Å². The van der Waals surface area contributed by atoms with E-state index in [2.05, 4.69) is 16.6 Å². The Morgan fingerprint density at radius 1 is 1.17 bits per heavy atom. The minimum Gasteiger partial charge on any atom is -0.497 e. The largest absolute Gasteiger partial charge is 0.497 e. The summed E-state index contributed by atoms with van der Waals surface area (Å²) in [5.41, 5.74) is -2.05. The number of hydrogen-bond donors (Lipinski definition) is 0. The first kappa shape index (κ1) is 17.7. The van der Waals surface area contributed by atoms with Crippen LogP contribution in [0, 0.1) is 0 Å². The van der Waals surface area contributed by atoms with Gasteiger partial charge in [-0.15, -0.1) is 6.58 Å². The second-order valence-corrected chi connectivity index (χ2v) is 5.09. The molecule has 3 nitrogen and oxygen atoms in total. The Hall–Kier alpha value is -2.63. The number of hydrogen-bond acceptors (Lipinski definition) is 3. The number of aromatic nitrogens is 1. The highest BCUT2D eigenvalue weighted by atomic mass is 19.4. The Labute approximate surface area is 138 Å². The molecule has 0 aliphatic rings. The Kier molecular flexibility index (Phi) is 5.39. The van der Waals surface area contributed by atoms with Gasteiger partial charge < -0.3 is 4.74 Å². The zero-order valence-electron chi connectivity index (χ0n) is 13.1. The molecule has 0 aliphatic heterocycles. The smallest absolute Gasteiger partial charge is 0.418 e. The van der Waals surface area contributed by atoms with Gasteiger partial charge in [-0.1, -0.05) is 24.3 Å². The number of halogens is 3. The Balaban J connectivity index is 2.54. The van der Waals surface area contributed by atoms with Gasteiger partial charge in [0.2, 0.25) is 0 Å². The average Bonchev–Trinajstić information content (AvgIpc) is 2.58. The first-order chi connectivity index (χ1) is 11.4. The summed E-state index contributed by atoms with van der Waals surface area (Å²) in [7, 11) is 1.45. The van der Waals surface area contributed by atoms with Gasteiger partial charge in [0.15, 0.2) is 5.54 Å². The summed E-state index contributed by atoms with van der Waals surface area (Å²) in [5.74, 6) is 0.474. The van der Waals surface area contributed by atoms with Gasteiger partial charge in [-0.2, -0.15) is 13.2 Å². The fourth-order valence-electron chi connectivity index (χ4n) is 2.30. The molecule has 1 aromatic heterocycles. The number of ether oxygens (including phenoxy) is 1. The fourth-order valence-corrected chi connectivity index (χ4v) is 2.30. The molecule has 2 rings (SSSR count). The molecule has 1 heterocycles. The molecule has 6 heteroatoms. The lowest BCUT2D eigenvalue weighted by Gasteiger charge is -2.31. The third-order valence-electron chi connectivity index (χ3n) is 3.58. The van der Waals surface area contributed by atoms with E-state index in [0.29, 0.717) is 11.4 Å². The van der Waals surface area contributed by atoms with Crippen LogP contribution in [0.25, 0.3) is 0 Å². The molecule has 0 saturated heterocycles. The van der Waals surface area contributed by atoms with E-state index in [1.54, 1.807) is 18.2 Å². The number of methoxy groups -OCH3 is 1. The second-order valence-electron chi connectivity index (χ2n) is 5.09. The van der Waals surface area contributed by atoms with Crippen molar-refractivity contribution in [3.8, 4) is 5.75 Å². The maximum atomic E-state index is 13.9. The summed E-state index contributed by atoms with van der Waals surface area (Å²) < 4.78 is 46.8. The van der Waals surface area contributed by atoms with Crippen molar-refractivity contribution in [1.82, 2.24) is 4.98 Å². The summed E-state index contributed by atoms with van der Waals surface area (Å²) in [6.45, 7) is 3.46. The number of alkyl halides is 3. The van der Waals surface area contributed by atoms with Crippen molar-refractivity contribution in [1.29, 1.82) is 0 Å². The van der Waals surface area contributed by atoms with Gasteiger partial charge in [0, 0.05) is 18.8 Å². The quantitative estimate of drug-likeness (QED) is 0.574. The van der Waals surface area contributed by atoms with E-state index in [1.165, 1.54) is 43.6 Å². The van der Waals surface area contributed by atoms with E-state index < -0.39 is 11.7 Å². The number of pyridine rings is 1. The van der Waals surface area contributed by atoms with Crippen LogP contribution in [0.3, 0.4) is 0 Å². The van der Waals surface area contributed by atoms with Gasteiger partial charge in [0.25, 0.3) is 0 Å². The van der Waals surface area contributed by atoms with Crippen LogP contribution in [0.4, 0.5) is 13.2 Å². The van der Waals surface area contributed by atoms with Crippen molar-refractivity contribution in [3.05, 3.63) is 72.6 Å². The number of aliphatic imine (C=N–C) groups is 1. The monoisotopic (exact) mass is 334 g/mol. The first-order valence-corrected chi connectivity index (χ1v) is 7.21. The van der Waals surface area contributed by atoms with Crippen LogP contribution in [0.5, 0.6) is 5.75 Å². The van der Waals surface area contributed by atoms with E-state index in [0.717, 1.165) is 6.21 Å². The standard InChI is InChI=1S/C18H17F3N2O/c1-3-11-17(18(19,20)21,14-7-9-16(24-2)10-8-14)23-13-15-6-4-5-12-22-15/h3-10,12-13H,1,11H2,2H3. The zero-order chi connectivity index (χ0) is 17.6. The normalized spacial score (nSPS) is 14.3.